The summed E-state index contributed by atoms with van der Waals surface area (Å²) < 4.78 is 6.20. The molecule has 0 bridgehead atoms. The van der Waals surface area contributed by atoms with Crippen molar-refractivity contribution < 1.29 is 14.6 Å². The average Bonchev–Trinajstić information content (AvgIpc) is 2.87. The first-order chi connectivity index (χ1) is 16.9. The van der Waals surface area contributed by atoms with Gasteiger partial charge in [0.1, 0.15) is 5.75 Å². The molecule has 5 rings (SSSR count). The summed E-state index contributed by atoms with van der Waals surface area (Å²) in [6, 6.07) is 25.2. The highest BCUT2D eigenvalue weighted by Gasteiger charge is 2.32. The van der Waals surface area contributed by atoms with Crippen molar-refractivity contribution in [2.24, 2.45) is 5.92 Å². The van der Waals surface area contributed by atoms with E-state index in [0.717, 1.165) is 22.3 Å². The van der Waals surface area contributed by atoms with Gasteiger partial charge in [0.05, 0.1) is 11.7 Å². The van der Waals surface area contributed by atoms with Crippen LogP contribution >= 0.6 is 0 Å². The van der Waals surface area contributed by atoms with E-state index < -0.39 is 0 Å². The quantitative estimate of drug-likeness (QED) is 0.310. The molecule has 1 N–H and O–H groups in total. The van der Waals surface area contributed by atoms with E-state index in [0.29, 0.717) is 12.0 Å². The Hall–Kier alpha value is -3.69. The number of carbonyl (C=O) groups is 1. The molecule has 0 saturated heterocycles. The van der Waals surface area contributed by atoms with Crippen molar-refractivity contribution in [1.82, 2.24) is 0 Å². The van der Waals surface area contributed by atoms with Crippen LogP contribution in [0.2, 0.25) is 0 Å². The van der Waals surface area contributed by atoms with E-state index in [9.17, 15) is 9.90 Å². The highest BCUT2D eigenvalue weighted by molar-refractivity contribution is 5.97. The van der Waals surface area contributed by atoms with Crippen molar-refractivity contribution in [3.8, 4) is 16.9 Å². The van der Waals surface area contributed by atoms with Crippen LogP contribution in [0.3, 0.4) is 0 Å². The smallest absolute Gasteiger partial charge is 0.163 e. The number of benzene rings is 3. The van der Waals surface area contributed by atoms with Crippen LogP contribution in [0.1, 0.15) is 42.1 Å². The number of allylic oxidation sites excluding steroid dienone is 2. The second kappa shape index (κ2) is 9.52. The number of carbonyl (C=O) groups excluding carboxylic acids is 1. The number of phenols is 1. The van der Waals surface area contributed by atoms with E-state index in [1.54, 1.807) is 12.1 Å². The minimum absolute atomic E-state index is 0.00944. The standard InChI is InChI=1S/C32H30O3/c1-32(2)18-17-27-19-26(15-16-31(27)35-32)29(25-9-6-10-28(33)20-25)21-30(34)24-13-11-23(12-14-24)22-7-4-3-5-8-22/h3-20,27,29,31,33H,21H2,1-2H3. The fourth-order valence-electron chi connectivity index (χ4n) is 4.91. The lowest BCUT2D eigenvalue weighted by Crippen LogP contribution is -2.36. The summed E-state index contributed by atoms with van der Waals surface area (Å²) in [5.41, 5.74) is 4.61. The highest BCUT2D eigenvalue weighted by Crippen LogP contribution is 2.38. The fraction of sp³-hybridized carbons (Fsp3) is 0.219. The number of fused-ring (bicyclic) bond motifs is 1. The van der Waals surface area contributed by atoms with Crippen LogP contribution in [-0.4, -0.2) is 22.6 Å². The van der Waals surface area contributed by atoms with Crippen LogP contribution in [-0.2, 0) is 4.74 Å². The SMILES string of the molecule is CC1(C)C=CC2C=C(C(CC(=O)c3ccc(-c4ccccc4)cc3)c3cccc(O)c3)C=CC2O1. The van der Waals surface area contributed by atoms with Gasteiger partial charge in [-0.1, -0.05) is 97.1 Å². The minimum Gasteiger partial charge on any atom is -0.508 e. The molecular weight excluding hydrogens is 432 g/mol. The van der Waals surface area contributed by atoms with E-state index in [1.807, 2.05) is 54.6 Å². The van der Waals surface area contributed by atoms with E-state index in [-0.39, 0.29) is 35.1 Å². The van der Waals surface area contributed by atoms with Gasteiger partial charge >= 0.3 is 0 Å². The fourth-order valence-corrected chi connectivity index (χ4v) is 4.91. The Morgan fingerprint density at radius 1 is 0.943 bits per heavy atom. The number of rotatable bonds is 6. The Morgan fingerprint density at radius 2 is 1.69 bits per heavy atom. The molecule has 176 valence electrons. The molecule has 1 heterocycles. The molecule has 3 unspecified atom stereocenters. The van der Waals surface area contributed by atoms with Crippen molar-refractivity contribution in [2.45, 2.75) is 37.9 Å². The molecule has 0 saturated carbocycles. The molecule has 3 aromatic rings. The number of phenolic OH excluding ortho intramolecular Hbond substituents is 1. The molecule has 3 heteroatoms. The van der Waals surface area contributed by atoms with Gasteiger partial charge in [-0.05, 0) is 48.2 Å². The van der Waals surface area contributed by atoms with E-state index in [2.05, 4.69) is 56.4 Å². The van der Waals surface area contributed by atoms with Gasteiger partial charge in [0.25, 0.3) is 0 Å². The van der Waals surface area contributed by atoms with Gasteiger partial charge in [-0.25, -0.2) is 0 Å². The zero-order valence-electron chi connectivity index (χ0n) is 20.1. The first-order valence-corrected chi connectivity index (χ1v) is 12.1. The van der Waals surface area contributed by atoms with Crippen LogP contribution in [0.5, 0.6) is 5.75 Å². The molecule has 3 aromatic carbocycles. The lowest BCUT2D eigenvalue weighted by atomic mass is 9.79. The topological polar surface area (TPSA) is 46.5 Å². The van der Waals surface area contributed by atoms with Gasteiger partial charge in [-0.3, -0.25) is 4.79 Å². The molecule has 0 amide bonds. The van der Waals surface area contributed by atoms with Crippen LogP contribution in [0.15, 0.2) is 115 Å². The molecule has 0 spiro atoms. The molecule has 1 aliphatic heterocycles. The first kappa shape index (κ1) is 23.1. The van der Waals surface area contributed by atoms with Gasteiger partial charge in [0, 0.05) is 23.8 Å². The average molecular weight is 463 g/mol. The van der Waals surface area contributed by atoms with E-state index >= 15 is 0 Å². The Kier molecular flexibility index (Phi) is 6.27. The Morgan fingerprint density at radius 3 is 2.43 bits per heavy atom. The molecule has 0 fully saturated rings. The maximum absolute atomic E-state index is 13.4. The lowest BCUT2D eigenvalue weighted by Gasteiger charge is -2.37. The molecule has 35 heavy (non-hydrogen) atoms. The molecule has 2 aliphatic rings. The Bertz CT molecular complexity index is 1300. The van der Waals surface area contributed by atoms with Gasteiger partial charge in [0.15, 0.2) is 5.78 Å². The normalized spacial score (nSPS) is 21.1. The molecule has 3 atom stereocenters. The van der Waals surface area contributed by atoms with Gasteiger partial charge in [0.2, 0.25) is 0 Å². The third-order valence-electron chi connectivity index (χ3n) is 6.78. The second-order valence-corrected chi connectivity index (χ2v) is 9.87. The number of ether oxygens (including phenoxy) is 1. The van der Waals surface area contributed by atoms with Crippen molar-refractivity contribution in [3.05, 3.63) is 126 Å². The zero-order chi connectivity index (χ0) is 24.4. The number of hydrogen-bond donors (Lipinski definition) is 1. The molecular formula is C32H30O3. The predicted octanol–water partition coefficient (Wildman–Crippen LogP) is 7.26. The van der Waals surface area contributed by atoms with E-state index in [1.165, 1.54) is 0 Å². The first-order valence-electron chi connectivity index (χ1n) is 12.1. The number of hydrogen-bond acceptors (Lipinski definition) is 3. The van der Waals surface area contributed by atoms with Crippen molar-refractivity contribution in [2.75, 3.05) is 0 Å². The summed E-state index contributed by atoms with van der Waals surface area (Å²) in [5, 5.41) is 10.1. The number of Topliss-reactive ketones (excluding diaryl/α,β-unsaturated/α-hetero) is 1. The summed E-state index contributed by atoms with van der Waals surface area (Å²) in [7, 11) is 0. The lowest BCUT2D eigenvalue weighted by molar-refractivity contribution is -0.0395. The highest BCUT2D eigenvalue weighted by atomic mass is 16.5. The maximum atomic E-state index is 13.4. The molecule has 1 aliphatic carbocycles. The third-order valence-corrected chi connectivity index (χ3v) is 6.78. The zero-order valence-corrected chi connectivity index (χ0v) is 20.1. The molecule has 3 nitrogen and oxygen atoms in total. The van der Waals surface area contributed by atoms with E-state index in [4.69, 9.17) is 4.74 Å². The van der Waals surface area contributed by atoms with Gasteiger partial charge in [-0.15, -0.1) is 0 Å². The van der Waals surface area contributed by atoms with Crippen LogP contribution < -0.4 is 0 Å². The molecule has 0 aromatic heterocycles. The summed E-state index contributed by atoms with van der Waals surface area (Å²) in [6.07, 6.45) is 11.0. The van der Waals surface area contributed by atoms with Crippen LogP contribution in [0.4, 0.5) is 0 Å². The third kappa shape index (κ3) is 5.21. The second-order valence-electron chi connectivity index (χ2n) is 9.87. The largest absolute Gasteiger partial charge is 0.508 e. The van der Waals surface area contributed by atoms with Crippen molar-refractivity contribution in [1.29, 1.82) is 0 Å². The van der Waals surface area contributed by atoms with Gasteiger partial charge < -0.3 is 9.84 Å². The van der Waals surface area contributed by atoms with Crippen molar-refractivity contribution >= 4 is 5.78 Å². The summed E-state index contributed by atoms with van der Waals surface area (Å²) in [6.45, 7) is 4.12. The summed E-state index contributed by atoms with van der Waals surface area (Å²) in [4.78, 5) is 13.4. The summed E-state index contributed by atoms with van der Waals surface area (Å²) in [5.74, 6) is 0.242. The maximum Gasteiger partial charge on any atom is 0.163 e. The Labute approximate surface area is 207 Å². The van der Waals surface area contributed by atoms with Crippen molar-refractivity contribution in [3.63, 3.8) is 0 Å². The number of ketones is 1. The monoisotopic (exact) mass is 462 g/mol. The summed E-state index contributed by atoms with van der Waals surface area (Å²) >= 11 is 0. The number of aromatic hydroxyl groups is 1. The van der Waals surface area contributed by atoms with Crippen LogP contribution in [0, 0.1) is 5.92 Å². The minimum atomic E-state index is -0.288. The Balaban J connectivity index is 1.42. The van der Waals surface area contributed by atoms with Crippen LogP contribution in [0.25, 0.3) is 11.1 Å². The van der Waals surface area contributed by atoms with Gasteiger partial charge in [-0.2, -0.15) is 0 Å². The molecule has 0 radical (unpaired) electrons. The predicted molar refractivity (Wildman–Crippen MR) is 140 cm³/mol.